The van der Waals surface area contributed by atoms with Crippen molar-refractivity contribution in [3.05, 3.63) is 47.0 Å². The molecule has 0 saturated carbocycles. The Morgan fingerprint density at radius 3 is 2.85 bits per heavy atom. The van der Waals surface area contributed by atoms with Crippen LogP contribution >= 0.6 is 0 Å². The highest BCUT2D eigenvalue weighted by molar-refractivity contribution is 5.89. The molecule has 1 atom stereocenters. The molecule has 0 N–H and O–H groups in total. The number of pyridine rings is 1. The van der Waals surface area contributed by atoms with E-state index in [0.29, 0.717) is 17.0 Å². The van der Waals surface area contributed by atoms with E-state index in [0.717, 1.165) is 6.42 Å². The van der Waals surface area contributed by atoms with Gasteiger partial charge < -0.3 is 14.5 Å². The summed E-state index contributed by atoms with van der Waals surface area (Å²) in [6.07, 6.45) is 3.44. The average Bonchev–Trinajstić information content (AvgIpc) is 2.88. The third-order valence-corrected chi connectivity index (χ3v) is 2.63. The van der Waals surface area contributed by atoms with Gasteiger partial charge in [-0.1, -0.05) is 12.1 Å². The molecule has 0 amide bonds. The van der Waals surface area contributed by atoms with Gasteiger partial charge in [0.1, 0.15) is 0 Å². The molecule has 106 valence electrons. The van der Waals surface area contributed by atoms with Crippen LogP contribution in [0, 0.1) is 5.21 Å². The van der Waals surface area contributed by atoms with Crippen molar-refractivity contribution in [3.63, 3.8) is 0 Å². The lowest BCUT2D eigenvalue weighted by Gasteiger charge is -2.08. The van der Waals surface area contributed by atoms with Crippen LogP contribution in [0.3, 0.4) is 0 Å². The van der Waals surface area contributed by atoms with Crippen LogP contribution in [0.1, 0.15) is 48.4 Å². The third kappa shape index (κ3) is 3.31. The van der Waals surface area contributed by atoms with Gasteiger partial charge in [-0.2, -0.15) is 9.71 Å². The fourth-order valence-corrected chi connectivity index (χ4v) is 1.59. The highest BCUT2D eigenvalue weighted by Crippen LogP contribution is 2.16. The fraction of sp³-hybridized carbons (Fsp3) is 0.385. The van der Waals surface area contributed by atoms with Crippen molar-refractivity contribution in [1.29, 1.82) is 0 Å². The van der Waals surface area contributed by atoms with Gasteiger partial charge in [-0.25, -0.2) is 4.79 Å². The van der Waals surface area contributed by atoms with Crippen LogP contribution in [-0.4, -0.2) is 16.1 Å². The molecular weight excluding hydrogens is 262 g/mol. The molecule has 0 aliphatic carbocycles. The van der Waals surface area contributed by atoms with Crippen LogP contribution < -0.4 is 4.73 Å². The van der Waals surface area contributed by atoms with E-state index in [4.69, 9.17) is 9.26 Å². The van der Waals surface area contributed by atoms with Crippen LogP contribution in [0.25, 0.3) is 0 Å². The van der Waals surface area contributed by atoms with Gasteiger partial charge in [-0.3, -0.25) is 0 Å². The van der Waals surface area contributed by atoms with E-state index in [1.54, 1.807) is 6.92 Å². The predicted octanol–water partition coefficient (Wildman–Crippen LogP) is 1.57. The van der Waals surface area contributed by atoms with Crippen molar-refractivity contribution in [2.24, 2.45) is 0 Å². The van der Waals surface area contributed by atoms with Gasteiger partial charge in [0.2, 0.25) is 0 Å². The number of hydrogen-bond donors (Lipinski definition) is 0. The molecule has 0 spiro atoms. The van der Waals surface area contributed by atoms with Gasteiger partial charge in [-0.05, 0) is 13.3 Å². The van der Waals surface area contributed by atoms with Crippen LogP contribution in [0.5, 0.6) is 0 Å². The normalized spacial score (nSPS) is 12.1. The van der Waals surface area contributed by atoms with E-state index in [1.165, 1.54) is 24.5 Å². The van der Waals surface area contributed by atoms with Gasteiger partial charge >= 0.3 is 5.97 Å². The zero-order valence-corrected chi connectivity index (χ0v) is 11.3. The number of ether oxygens (including phenoxy) is 1. The molecule has 0 fully saturated rings. The summed E-state index contributed by atoms with van der Waals surface area (Å²) >= 11 is 0. The Morgan fingerprint density at radius 1 is 1.50 bits per heavy atom. The Balaban J connectivity index is 2.01. The van der Waals surface area contributed by atoms with Crippen LogP contribution in [0.2, 0.25) is 0 Å². The largest absolute Gasteiger partial charge is 0.619 e. The molecule has 2 aromatic heterocycles. The van der Waals surface area contributed by atoms with Crippen molar-refractivity contribution in [1.82, 2.24) is 10.1 Å². The first-order valence-corrected chi connectivity index (χ1v) is 6.32. The minimum atomic E-state index is -0.639. The summed E-state index contributed by atoms with van der Waals surface area (Å²) in [5, 5.41) is 14.7. The molecule has 0 aliphatic rings. The second-order valence-corrected chi connectivity index (χ2v) is 4.29. The highest BCUT2D eigenvalue weighted by atomic mass is 16.6. The molecule has 0 aromatic carbocycles. The lowest BCUT2D eigenvalue weighted by molar-refractivity contribution is -0.605. The Hall–Kier alpha value is -2.44. The van der Waals surface area contributed by atoms with Gasteiger partial charge in [0.05, 0.1) is 5.56 Å². The summed E-state index contributed by atoms with van der Waals surface area (Å²) < 4.78 is 10.8. The number of carbonyl (C=O) groups is 1. The SMILES string of the molecule is CCCc1noc(C(C)OC(=O)c2cc[n+]([O-])cc2)n1. The van der Waals surface area contributed by atoms with Gasteiger partial charge in [0, 0.05) is 18.6 Å². The first kappa shape index (κ1) is 14.0. The molecular formula is C13H15N3O4. The second-order valence-electron chi connectivity index (χ2n) is 4.29. The first-order chi connectivity index (χ1) is 9.60. The van der Waals surface area contributed by atoms with Crippen molar-refractivity contribution in [2.45, 2.75) is 32.8 Å². The number of hydrogen-bond acceptors (Lipinski definition) is 6. The Bertz CT molecular complexity index is 580. The molecule has 2 heterocycles. The maximum atomic E-state index is 11.8. The van der Waals surface area contributed by atoms with E-state index in [9.17, 15) is 10.0 Å². The van der Waals surface area contributed by atoms with Gasteiger partial charge in [0.15, 0.2) is 24.3 Å². The Kier molecular flexibility index (Phi) is 4.29. The fourth-order valence-electron chi connectivity index (χ4n) is 1.59. The van der Waals surface area contributed by atoms with Crippen molar-refractivity contribution in [2.75, 3.05) is 0 Å². The Labute approximate surface area is 115 Å². The molecule has 7 nitrogen and oxygen atoms in total. The topological polar surface area (TPSA) is 92.2 Å². The molecule has 0 aliphatic heterocycles. The summed E-state index contributed by atoms with van der Waals surface area (Å²) in [4.78, 5) is 16.0. The summed E-state index contributed by atoms with van der Waals surface area (Å²) in [6.45, 7) is 3.66. The molecule has 20 heavy (non-hydrogen) atoms. The summed E-state index contributed by atoms with van der Waals surface area (Å²) in [5.74, 6) is 0.308. The standard InChI is InChI=1S/C13H15N3O4/c1-3-4-11-14-12(20-15-11)9(2)19-13(17)10-5-7-16(18)8-6-10/h5-9H,3-4H2,1-2H3. The van der Waals surface area contributed by atoms with Crippen LogP contribution in [-0.2, 0) is 11.2 Å². The predicted molar refractivity (Wildman–Crippen MR) is 67.5 cm³/mol. The van der Waals surface area contributed by atoms with Crippen LogP contribution in [0.15, 0.2) is 29.0 Å². The number of aryl methyl sites for hydroxylation is 1. The molecule has 7 heteroatoms. The van der Waals surface area contributed by atoms with Gasteiger partial charge in [0.25, 0.3) is 5.89 Å². The Morgan fingerprint density at radius 2 is 2.20 bits per heavy atom. The lowest BCUT2D eigenvalue weighted by Crippen LogP contribution is -2.24. The van der Waals surface area contributed by atoms with Gasteiger partial charge in [-0.15, -0.1) is 0 Å². The minimum absolute atomic E-state index is 0.261. The monoisotopic (exact) mass is 277 g/mol. The molecule has 2 rings (SSSR count). The van der Waals surface area contributed by atoms with E-state index < -0.39 is 12.1 Å². The smallest absolute Gasteiger partial charge is 0.339 e. The molecule has 1 unspecified atom stereocenters. The quantitative estimate of drug-likeness (QED) is 0.468. The average molecular weight is 277 g/mol. The molecule has 0 radical (unpaired) electrons. The van der Waals surface area contributed by atoms with Crippen molar-refractivity contribution >= 4 is 5.97 Å². The van der Waals surface area contributed by atoms with E-state index in [-0.39, 0.29) is 11.5 Å². The number of aromatic nitrogens is 3. The zero-order valence-electron chi connectivity index (χ0n) is 11.3. The maximum absolute atomic E-state index is 11.8. The molecule has 0 bridgehead atoms. The first-order valence-electron chi connectivity index (χ1n) is 6.32. The maximum Gasteiger partial charge on any atom is 0.339 e. The van der Waals surface area contributed by atoms with E-state index >= 15 is 0 Å². The lowest BCUT2D eigenvalue weighted by atomic mass is 10.3. The van der Waals surface area contributed by atoms with Crippen LogP contribution in [0.4, 0.5) is 0 Å². The van der Waals surface area contributed by atoms with E-state index in [1.807, 2.05) is 6.92 Å². The second kappa shape index (κ2) is 6.14. The summed E-state index contributed by atoms with van der Waals surface area (Å²) in [5.41, 5.74) is 0.289. The molecule has 2 aromatic rings. The summed E-state index contributed by atoms with van der Waals surface area (Å²) in [6, 6.07) is 2.77. The highest BCUT2D eigenvalue weighted by Gasteiger charge is 2.19. The zero-order chi connectivity index (χ0) is 14.5. The number of esters is 1. The number of nitrogens with zero attached hydrogens (tertiary/aromatic N) is 3. The molecule has 0 saturated heterocycles. The number of rotatable bonds is 5. The minimum Gasteiger partial charge on any atom is -0.619 e. The van der Waals surface area contributed by atoms with Crippen molar-refractivity contribution < 1.29 is 18.8 Å². The third-order valence-electron chi connectivity index (χ3n) is 2.63. The van der Waals surface area contributed by atoms with Crippen molar-refractivity contribution in [3.8, 4) is 0 Å². The number of carbonyl (C=O) groups excluding carboxylic acids is 1. The van der Waals surface area contributed by atoms with E-state index in [2.05, 4.69) is 10.1 Å². The summed E-state index contributed by atoms with van der Waals surface area (Å²) in [7, 11) is 0.